The minimum atomic E-state index is -2.19. The molecule has 13 nitrogen and oxygen atoms in total. The van der Waals surface area contributed by atoms with Gasteiger partial charge in [0.2, 0.25) is 0 Å². The maximum Gasteiger partial charge on any atom is 3.00 e. The Morgan fingerprint density at radius 2 is 0.476 bits per heavy atom. The van der Waals surface area contributed by atoms with E-state index in [1.165, 1.54) is 0 Å². The summed E-state index contributed by atoms with van der Waals surface area (Å²) in [5, 5.41) is 53.6. The molecule has 0 spiro atoms. The third kappa shape index (κ3) is 45.4. The van der Waals surface area contributed by atoms with Crippen LogP contribution in [0, 0.1) is 0 Å². The van der Waals surface area contributed by atoms with E-state index in [4.69, 9.17) is 59.4 Å². The van der Waals surface area contributed by atoms with E-state index in [2.05, 4.69) is 0 Å². The molecule has 0 amide bonds. The van der Waals surface area contributed by atoms with Gasteiger partial charge in [0.05, 0.1) is 35.8 Å². The van der Waals surface area contributed by atoms with Gasteiger partial charge in [-0.3, -0.25) is 0 Å². The molecule has 21 heavy (non-hydrogen) atoms. The molecule has 115 valence electrons. The van der Waals surface area contributed by atoms with Gasteiger partial charge in [-0.25, -0.2) is 0 Å². The maximum absolute atomic E-state index is 8.93. The molecule has 0 saturated heterocycles. The molecule has 0 fully saturated rings. The molecule has 0 heterocycles. The van der Waals surface area contributed by atoms with Crippen molar-refractivity contribution in [2.75, 3.05) is 0 Å². The fraction of sp³-hybridized carbons (Fsp3) is 0. The van der Waals surface area contributed by atoms with E-state index in [1.807, 2.05) is 0 Å². The van der Waals surface area contributed by atoms with Gasteiger partial charge in [0, 0.05) is 0 Å². The molecule has 0 bridgehead atoms. The molecule has 0 atom stereocenters. The van der Waals surface area contributed by atoms with Crippen LogP contribution >= 0.6 is 0 Å². The van der Waals surface area contributed by atoms with E-state index in [1.54, 1.807) is 0 Å². The first kappa shape index (κ1) is 36.8. The molecule has 0 aliphatic heterocycles. The zero-order chi connectivity index (χ0) is 15.5. The minimum Gasteiger partial charge on any atom is -0.543 e. The summed E-state index contributed by atoms with van der Waals surface area (Å²) in [6.07, 6.45) is 0. The van der Waals surface area contributed by atoms with Crippen molar-refractivity contribution in [2.24, 2.45) is 0 Å². The molecule has 0 saturated carbocycles. The summed E-state index contributed by atoms with van der Waals surface area (Å²) < 4.78 is 0. The van der Waals surface area contributed by atoms with Crippen LogP contribution in [0.1, 0.15) is 0 Å². The van der Waals surface area contributed by atoms with Gasteiger partial charge in [0.15, 0.2) is 0 Å². The SMILES string of the molecule is O.O=C([O-])C(=O)[O-].O=C([O-])C(=O)[O-].O=C([O-])C(=O)[O-].[Fe+3].[K+]. The minimum absolute atomic E-state index is 0. The Kier molecular flexibility index (Phi) is 37.2. The van der Waals surface area contributed by atoms with Crippen LogP contribution in [-0.4, -0.2) is 41.3 Å². The number of hydrogen-bond acceptors (Lipinski definition) is 12. The van der Waals surface area contributed by atoms with Crippen LogP contribution in [0.4, 0.5) is 0 Å². The third-order valence-electron chi connectivity index (χ3n) is 0.500. The number of rotatable bonds is 0. The second-order valence-corrected chi connectivity index (χ2v) is 1.72. The number of carbonyl (C=O) groups excluding carboxylic acids is 6. The quantitative estimate of drug-likeness (QED) is 0.281. The van der Waals surface area contributed by atoms with Crippen LogP contribution < -0.4 is 82.0 Å². The van der Waals surface area contributed by atoms with Crippen molar-refractivity contribution in [3.63, 3.8) is 0 Å². The fourth-order valence-electron chi connectivity index (χ4n) is 0. The average Bonchev–Trinajstić information content (AvgIpc) is 2.18. The molecule has 0 aromatic rings. The molecular formula is C6H2FeKO13-2. The van der Waals surface area contributed by atoms with E-state index >= 15 is 0 Å². The Hall–Kier alpha value is -1.06. The van der Waals surface area contributed by atoms with E-state index in [9.17, 15) is 0 Å². The zero-order valence-electron chi connectivity index (χ0n) is 9.75. The van der Waals surface area contributed by atoms with Gasteiger partial charge in [-0.15, -0.1) is 0 Å². The fourth-order valence-corrected chi connectivity index (χ4v) is 0. The van der Waals surface area contributed by atoms with E-state index < -0.39 is 35.8 Å². The average molecular weight is 377 g/mol. The molecule has 0 aliphatic rings. The van der Waals surface area contributed by atoms with Crippen LogP contribution in [0.5, 0.6) is 0 Å². The summed E-state index contributed by atoms with van der Waals surface area (Å²) in [5.41, 5.74) is 0. The number of hydrogen-bond donors (Lipinski definition) is 0. The second kappa shape index (κ2) is 21.2. The molecule has 0 aromatic heterocycles. The summed E-state index contributed by atoms with van der Waals surface area (Å²) in [6.45, 7) is 0. The normalized spacial score (nSPS) is 6.29. The summed E-state index contributed by atoms with van der Waals surface area (Å²) >= 11 is 0. The Morgan fingerprint density at radius 1 is 0.429 bits per heavy atom. The monoisotopic (exact) mass is 377 g/mol. The Labute approximate surface area is 167 Å². The summed E-state index contributed by atoms with van der Waals surface area (Å²) in [5.74, 6) is -13.1. The molecule has 1 radical (unpaired) electrons. The van der Waals surface area contributed by atoms with E-state index in [0.717, 1.165) is 0 Å². The first-order valence-electron chi connectivity index (χ1n) is 3.20. The van der Waals surface area contributed by atoms with Gasteiger partial charge in [0.25, 0.3) is 0 Å². The first-order valence-corrected chi connectivity index (χ1v) is 3.20. The van der Waals surface area contributed by atoms with Gasteiger partial charge < -0.3 is 64.9 Å². The molecule has 0 aliphatic carbocycles. The molecule has 0 rings (SSSR count). The van der Waals surface area contributed by atoms with Gasteiger partial charge >= 0.3 is 68.5 Å². The van der Waals surface area contributed by atoms with E-state index in [-0.39, 0.29) is 73.9 Å². The Balaban J connectivity index is -0.0000000375. The summed E-state index contributed by atoms with van der Waals surface area (Å²) in [7, 11) is 0. The van der Waals surface area contributed by atoms with Crippen molar-refractivity contribution in [2.45, 2.75) is 0 Å². The van der Waals surface area contributed by atoms with Gasteiger partial charge in [-0.05, 0) is 0 Å². The number of carbonyl (C=O) groups is 6. The Bertz CT molecular complexity index is 284. The number of carboxylic acid groups (broad SMARTS) is 6. The van der Waals surface area contributed by atoms with Crippen LogP contribution in [0.3, 0.4) is 0 Å². The number of carboxylic acids is 6. The molecule has 0 aromatic carbocycles. The largest absolute Gasteiger partial charge is 3.00 e. The maximum atomic E-state index is 8.93. The van der Waals surface area contributed by atoms with Crippen LogP contribution in [-0.2, 0) is 45.8 Å². The van der Waals surface area contributed by atoms with E-state index in [0.29, 0.717) is 0 Å². The van der Waals surface area contributed by atoms with Gasteiger partial charge in [-0.2, -0.15) is 0 Å². The predicted molar refractivity (Wildman–Crippen MR) is 33.7 cm³/mol. The van der Waals surface area contributed by atoms with Crippen molar-refractivity contribution in [3.8, 4) is 0 Å². The van der Waals surface area contributed by atoms with Crippen molar-refractivity contribution in [1.29, 1.82) is 0 Å². The third-order valence-corrected chi connectivity index (χ3v) is 0.500. The topological polar surface area (TPSA) is 272 Å². The second-order valence-electron chi connectivity index (χ2n) is 1.72. The summed E-state index contributed by atoms with van der Waals surface area (Å²) in [6, 6.07) is 0. The van der Waals surface area contributed by atoms with Gasteiger partial charge in [0.1, 0.15) is 0 Å². The molecule has 0 unspecified atom stereocenters. The smallest absolute Gasteiger partial charge is 0.543 e. The van der Waals surface area contributed by atoms with Crippen molar-refractivity contribution in [1.82, 2.24) is 0 Å². The van der Waals surface area contributed by atoms with Crippen LogP contribution in [0.15, 0.2) is 0 Å². The first-order chi connectivity index (χ1) is 7.93. The van der Waals surface area contributed by atoms with Crippen LogP contribution in [0.25, 0.3) is 0 Å². The summed E-state index contributed by atoms with van der Waals surface area (Å²) in [4.78, 5) is 53.6. The molecule has 15 heteroatoms. The standard InChI is InChI=1S/3C2H2O4.Fe.K.H2O/c3*3-1(4)2(5)6;;;/h3*(H,3,4)(H,5,6);;;1H2/q;;;+3;+1;/p-6. The number of aliphatic carboxylic acids is 6. The van der Waals surface area contributed by atoms with Crippen LogP contribution in [0.2, 0.25) is 0 Å². The van der Waals surface area contributed by atoms with Crippen molar-refractivity contribution < 1.29 is 133 Å². The Morgan fingerprint density at radius 3 is 0.476 bits per heavy atom. The molecule has 2 N–H and O–H groups in total. The zero-order valence-corrected chi connectivity index (χ0v) is 14.0. The predicted octanol–water partition coefficient (Wildman–Crippen LogP) is -14.4. The van der Waals surface area contributed by atoms with Gasteiger partial charge in [-0.1, -0.05) is 0 Å². The van der Waals surface area contributed by atoms with Crippen molar-refractivity contribution in [3.05, 3.63) is 0 Å². The van der Waals surface area contributed by atoms with Crippen molar-refractivity contribution >= 4 is 35.8 Å². The molecular weight excluding hydrogens is 375 g/mol.